The summed E-state index contributed by atoms with van der Waals surface area (Å²) < 4.78 is 2.71. The lowest BCUT2D eigenvalue weighted by atomic mass is 10.1. The van der Waals surface area contributed by atoms with E-state index < -0.39 is 0 Å². The number of halogens is 1. The van der Waals surface area contributed by atoms with Gasteiger partial charge in [-0.25, -0.2) is 9.50 Å². The first-order valence-corrected chi connectivity index (χ1v) is 8.66. The summed E-state index contributed by atoms with van der Waals surface area (Å²) in [6, 6.07) is 7.98. The van der Waals surface area contributed by atoms with Crippen molar-refractivity contribution in [1.29, 1.82) is 0 Å². The molecule has 0 aliphatic rings. The maximum Gasteiger partial charge on any atom is 0.252 e. The molecule has 0 aliphatic heterocycles. The molecule has 0 radical (unpaired) electrons. The first-order valence-electron chi connectivity index (χ1n) is 7.87. The average Bonchev–Trinajstić information content (AvgIpc) is 3.06. The van der Waals surface area contributed by atoms with Gasteiger partial charge in [0.2, 0.25) is 5.91 Å². The standard InChI is InChI=1S/C17H18BrN5O/c18-15-6-2-1-5-14(15)7-8-16(24)19-9-3-4-13-10-20-17-21-12-22-23(17)11-13/h1-2,5-6,10-12H,3-4,7-9H2,(H,19,24). The Hall–Kier alpha value is -2.28. The Kier molecular flexibility index (Phi) is 5.53. The Morgan fingerprint density at radius 1 is 1.21 bits per heavy atom. The van der Waals surface area contributed by atoms with E-state index in [1.807, 2.05) is 30.5 Å². The zero-order valence-corrected chi connectivity index (χ0v) is 14.7. The molecule has 2 heterocycles. The number of carbonyl (C=O) groups excluding carboxylic acids is 1. The van der Waals surface area contributed by atoms with Gasteiger partial charge in [-0.3, -0.25) is 4.79 Å². The van der Waals surface area contributed by atoms with Crippen molar-refractivity contribution in [2.24, 2.45) is 0 Å². The number of carbonyl (C=O) groups is 1. The second-order valence-corrected chi connectivity index (χ2v) is 6.37. The minimum Gasteiger partial charge on any atom is -0.356 e. The molecule has 1 aromatic carbocycles. The van der Waals surface area contributed by atoms with Crippen molar-refractivity contribution in [2.75, 3.05) is 6.54 Å². The number of nitrogens with zero attached hydrogens (tertiary/aromatic N) is 4. The molecule has 0 bridgehead atoms. The lowest BCUT2D eigenvalue weighted by Gasteiger charge is -2.06. The van der Waals surface area contributed by atoms with Crippen LogP contribution >= 0.6 is 15.9 Å². The molecule has 3 rings (SSSR count). The van der Waals surface area contributed by atoms with E-state index >= 15 is 0 Å². The Morgan fingerprint density at radius 2 is 2.08 bits per heavy atom. The number of amides is 1. The zero-order chi connectivity index (χ0) is 16.8. The molecular weight excluding hydrogens is 370 g/mol. The Morgan fingerprint density at radius 3 is 2.96 bits per heavy atom. The van der Waals surface area contributed by atoms with E-state index in [0.717, 1.165) is 34.9 Å². The van der Waals surface area contributed by atoms with Crippen LogP contribution in [0.4, 0.5) is 0 Å². The fourth-order valence-corrected chi connectivity index (χ4v) is 2.93. The third-order valence-electron chi connectivity index (χ3n) is 3.73. The first-order chi connectivity index (χ1) is 11.7. The van der Waals surface area contributed by atoms with E-state index in [9.17, 15) is 4.79 Å². The lowest BCUT2D eigenvalue weighted by Crippen LogP contribution is -2.25. The number of aryl methyl sites for hydroxylation is 2. The molecule has 0 saturated carbocycles. The van der Waals surface area contributed by atoms with E-state index in [1.165, 1.54) is 6.33 Å². The van der Waals surface area contributed by atoms with Gasteiger partial charge in [-0.1, -0.05) is 34.1 Å². The van der Waals surface area contributed by atoms with Crippen LogP contribution in [0, 0.1) is 0 Å². The van der Waals surface area contributed by atoms with Crippen LogP contribution in [0.2, 0.25) is 0 Å². The predicted octanol–water partition coefficient (Wildman–Crippen LogP) is 2.57. The highest BCUT2D eigenvalue weighted by Gasteiger charge is 2.05. The Balaban J connectivity index is 1.38. The van der Waals surface area contributed by atoms with Crippen molar-refractivity contribution in [3.63, 3.8) is 0 Å². The van der Waals surface area contributed by atoms with E-state index in [2.05, 4.69) is 36.3 Å². The number of aromatic nitrogens is 4. The van der Waals surface area contributed by atoms with Gasteiger partial charge in [0.05, 0.1) is 0 Å². The van der Waals surface area contributed by atoms with E-state index in [0.29, 0.717) is 18.7 Å². The smallest absolute Gasteiger partial charge is 0.252 e. The highest BCUT2D eigenvalue weighted by molar-refractivity contribution is 9.10. The largest absolute Gasteiger partial charge is 0.356 e. The molecule has 6 nitrogen and oxygen atoms in total. The fraction of sp³-hybridized carbons (Fsp3) is 0.294. The minimum atomic E-state index is 0.0793. The summed E-state index contributed by atoms with van der Waals surface area (Å²) in [4.78, 5) is 20.2. The van der Waals surface area contributed by atoms with Crippen LogP contribution in [0.15, 0.2) is 47.5 Å². The predicted molar refractivity (Wildman–Crippen MR) is 94.6 cm³/mol. The van der Waals surface area contributed by atoms with Crippen LogP contribution in [0.1, 0.15) is 24.0 Å². The second kappa shape index (κ2) is 8.01. The first kappa shape index (κ1) is 16.6. The van der Waals surface area contributed by atoms with Crippen molar-refractivity contribution < 1.29 is 4.79 Å². The maximum absolute atomic E-state index is 11.9. The quantitative estimate of drug-likeness (QED) is 0.632. The molecule has 0 saturated heterocycles. The topological polar surface area (TPSA) is 72.2 Å². The summed E-state index contributed by atoms with van der Waals surface area (Å²) in [6.07, 6.45) is 8.14. The average molecular weight is 388 g/mol. The van der Waals surface area contributed by atoms with Crippen molar-refractivity contribution >= 4 is 27.6 Å². The van der Waals surface area contributed by atoms with Gasteiger partial charge in [-0.15, -0.1) is 0 Å². The molecule has 0 spiro atoms. The van der Waals surface area contributed by atoms with Gasteiger partial charge in [0.25, 0.3) is 5.78 Å². The molecule has 2 aromatic heterocycles. The molecule has 0 atom stereocenters. The maximum atomic E-state index is 11.9. The molecule has 124 valence electrons. The van der Waals surface area contributed by atoms with Gasteiger partial charge in [-0.2, -0.15) is 10.1 Å². The fourth-order valence-electron chi connectivity index (χ4n) is 2.45. The van der Waals surface area contributed by atoms with Crippen molar-refractivity contribution in [3.05, 3.63) is 58.6 Å². The van der Waals surface area contributed by atoms with Gasteiger partial charge < -0.3 is 5.32 Å². The normalized spacial score (nSPS) is 10.9. The summed E-state index contributed by atoms with van der Waals surface area (Å²) in [5.74, 6) is 0.676. The highest BCUT2D eigenvalue weighted by atomic mass is 79.9. The van der Waals surface area contributed by atoms with E-state index in [1.54, 1.807) is 10.7 Å². The minimum absolute atomic E-state index is 0.0793. The van der Waals surface area contributed by atoms with Crippen LogP contribution in [-0.4, -0.2) is 32.0 Å². The molecule has 0 fully saturated rings. The van der Waals surface area contributed by atoms with Crippen LogP contribution in [0.3, 0.4) is 0 Å². The highest BCUT2D eigenvalue weighted by Crippen LogP contribution is 2.17. The van der Waals surface area contributed by atoms with Gasteiger partial charge in [0.15, 0.2) is 0 Å². The van der Waals surface area contributed by atoms with Crippen LogP contribution < -0.4 is 5.32 Å². The van der Waals surface area contributed by atoms with E-state index in [4.69, 9.17) is 0 Å². The molecule has 3 aromatic rings. The molecule has 1 amide bonds. The van der Waals surface area contributed by atoms with Crippen molar-refractivity contribution in [2.45, 2.75) is 25.7 Å². The van der Waals surface area contributed by atoms with Crippen molar-refractivity contribution in [3.8, 4) is 0 Å². The summed E-state index contributed by atoms with van der Waals surface area (Å²) in [5.41, 5.74) is 2.23. The summed E-state index contributed by atoms with van der Waals surface area (Å²) in [5, 5.41) is 7.03. The second-order valence-electron chi connectivity index (χ2n) is 5.51. The molecule has 1 N–H and O–H groups in total. The number of nitrogens with one attached hydrogen (secondary N) is 1. The Labute approximate surface area is 148 Å². The van der Waals surface area contributed by atoms with Gasteiger partial charge in [0.1, 0.15) is 6.33 Å². The molecule has 7 heteroatoms. The van der Waals surface area contributed by atoms with Gasteiger partial charge >= 0.3 is 0 Å². The summed E-state index contributed by atoms with van der Waals surface area (Å²) in [7, 11) is 0. The number of fused-ring (bicyclic) bond motifs is 1. The molecule has 0 unspecified atom stereocenters. The molecule has 0 aliphatic carbocycles. The van der Waals surface area contributed by atoms with E-state index in [-0.39, 0.29) is 5.91 Å². The van der Waals surface area contributed by atoms with Crippen LogP contribution in [0.5, 0.6) is 0 Å². The van der Waals surface area contributed by atoms with Crippen LogP contribution in [-0.2, 0) is 17.6 Å². The molecule has 24 heavy (non-hydrogen) atoms. The summed E-state index contributed by atoms with van der Waals surface area (Å²) in [6.45, 7) is 0.657. The monoisotopic (exact) mass is 387 g/mol. The third-order valence-corrected chi connectivity index (χ3v) is 4.51. The third kappa shape index (κ3) is 4.38. The number of rotatable bonds is 7. The zero-order valence-electron chi connectivity index (χ0n) is 13.2. The van der Waals surface area contributed by atoms with Crippen LogP contribution in [0.25, 0.3) is 5.78 Å². The van der Waals surface area contributed by atoms with Gasteiger partial charge in [-0.05, 0) is 36.5 Å². The SMILES string of the molecule is O=C(CCc1ccccc1Br)NCCCc1cnc2ncnn2c1. The number of benzene rings is 1. The number of hydrogen-bond donors (Lipinski definition) is 1. The number of hydrogen-bond acceptors (Lipinski definition) is 4. The lowest BCUT2D eigenvalue weighted by molar-refractivity contribution is -0.121. The van der Waals surface area contributed by atoms with Gasteiger partial charge in [0, 0.05) is 29.8 Å². The van der Waals surface area contributed by atoms with Crippen molar-refractivity contribution in [1.82, 2.24) is 24.9 Å². The summed E-state index contributed by atoms with van der Waals surface area (Å²) >= 11 is 3.50. The molecular formula is C17H18BrN5O. The Bertz CT molecular complexity index is 832.